The van der Waals surface area contributed by atoms with Gasteiger partial charge in [0.15, 0.2) is 0 Å². The largest absolute Gasteiger partial charge is 0.264 e. The summed E-state index contributed by atoms with van der Waals surface area (Å²) in [6.45, 7) is 0. The molecule has 66 valence electrons. The Morgan fingerprint density at radius 3 is 2.75 bits per heavy atom. The van der Waals surface area contributed by atoms with Crippen molar-refractivity contribution in [1.82, 2.24) is 4.98 Å². The van der Waals surface area contributed by atoms with Gasteiger partial charge in [0.2, 0.25) is 0 Å². The van der Waals surface area contributed by atoms with Crippen molar-refractivity contribution in [2.24, 2.45) is 0 Å². The van der Waals surface area contributed by atoms with E-state index in [0.717, 1.165) is 5.56 Å². The van der Waals surface area contributed by atoms with Crippen LogP contribution in [0.2, 0.25) is 0 Å². The van der Waals surface area contributed by atoms with E-state index in [1.807, 2.05) is 6.07 Å². The molecule has 0 aliphatic heterocycles. The van der Waals surface area contributed by atoms with Crippen LogP contribution in [0.4, 0.5) is 0 Å². The Bertz CT molecular complexity index is 331. The van der Waals surface area contributed by atoms with Gasteiger partial charge in [-0.05, 0) is 18.1 Å². The fourth-order valence-electron chi connectivity index (χ4n) is 0.849. The zero-order valence-electron chi connectivity index (χ0n) is 6.90. The topological polar surface area (TPSA) is 47.0 Å². The number of hydrogen-bond acceptors (Lipinski definition) is 3. The van der Waals surface area contributed by atoms with E-state index >= 15 is 0 Å². The van der Waals surface area contributed by atoms with Crippen molar-refractivity contribution in [3.05, 3.63) is 30.1 Å². The molecule has 0 atom stereocenters. The van der Waals surface area contributed by atoms with Crippen molar-refractivity contribution < 1.29 is 8.42 Å². The first-order valence-corrected chi connectivity index (χ1v) is 5.70. The van der Waals surface area contributed by atoms with E-state index in [0.29, 0.717) is 6.42 Å². The van der Waals surface area contributed by atoms with E-state index in [4.69, 9.17) is 0 Å². The summed E-state index contributed by atoms with van der Waals surface area (Å²) in [6, 6.07) is 3.68. The van der Waals surface area contributed by atoms with Crippen molar-refractivity contribution in [3.8, 4) is 0 Å². The maximum atomic E-state index is 10.8. The third-order valence-electron chi connectivity index (χ3n) is 1.48. The average molecular weight is 185 g/mol. The first-order valence-electron chi connectivity index (χ1n) is 3.64. The minimum absolute atomic E-state index is 0.193. The number of nitrogens with zero attached hydrogens (tertiary/aromatic N) is 1. The van der Waals surface area contributed by atoms with Crippen LogP contribution in [0.15, 0.2) is 24.5 Å². The van der Waals surface area contributed by atoms with Gasteiger partial charge in [-0.25, -0.2) is 8.42 Å². The molecular formula is C8H11NO2S. The lowest BCUT2D eigenvalue weighted by molar-refractivity contribution is 0.601. The minimum Gasteiger partial charge on any atom is -0.264 e. The highest BCUT2D eigenvalue weighted by atomic mass is 32.2. The maximum absolute atomic E-state index is 10.8. The Morgan fingerprint density at radius 2 is 2.25 bits per heavy atom. The first-order chi connectivity index (χ1) is 5.58. The first kappa shape index (κ1) is 9.19. The van der Waals surface area contributed by atoms with E-state index in [9.17, 15) is 8.42 Å². The quantitative estimate of drug-likeness (QED) is 0.695. The molecule has 0 aliphatic carbocycles. The van der Waals surface area contributed by atoms with E-state index in [1.165, 1.54) is 6.26 Å². The molecule has 0 fully saturated rings. The van der Waals surface area contributed by atoms with Gasteiger partial charge in [0.25, 0.3) is 0 Å². The molecule has 1 aromatic heterocycles. The minimum atomic E-state index is -2.85. The van der Waals surface area contributed by atoms with Gasteiger partial charge in [-0.1, -0.05) is 6.07 Å². The van der Waals surface area contributed by atoms with Gasteiger partial charge in [-0.15, -0.1) is 0 Å². The molecule has 0 aromatic carbocycles. The number of aromatic nitrogens is 1. The molecule has 0 radical (unpaired) electrons. The second kappa shape index (κ2) is 3.67. The maximum Gasteiger partial charge on any atom is 0.147 e. The van der Waals surface area contributed by atoms with Crippen molar-refractivity contribution in [2.45, 2.75) is 6.42 Å². The molecule has 0 bridgehead atoms. The Kier molecular flexibility index (Phi) is 2.81. The van der Waals surface area contributed by atoms with Crippen molar-refractivity contribution in [2.75, 3.05) is 12.0 Å². The molecule has 1 heterocycles. The van der Waals surface area contributed by atoms with Crippen LogP contribution >= 0.6 is 0 Å². The highest BCUT2D eigenvalue weighted by molar-refractivity contribution is 7.90. The van der Waals surface area contributed by atoms with Crippen LogP contribution in [0, 0.1) is 0 Å². The summed E-state index contributed by atoms with van der Waals surface area (Å²) in [6.07, 6.45) is 5.14. The predicted molar refractivity (Wildman–Crippen MR) is 47.7 cm³/mol. The lowest BCUT2D eigenvalue weighted by Gasteiger charge is -1.97. The zero-order valence-corrected chi connectivity index (χ0v) is 7.71. The number of hydrogen-bond donors (Lipinski definition) is 0. The number of rotatable bonds is 3. The van der Waals surface area contributed by atoms with Crippen LogP contribution in [-0.4, -0.2) is 25.4 Å². The third-order valence-corrected chi connectivity index (χ3v) is 2.43. The summed E-state index contributed by atoms with van der Waals surface area (Å²) in [4.78, 5) is 3.89. The lowest BCUT2D eigenvalue weighted by atomic mass is 10.2. The SMILES string of the molecule is CS(=O)(=O)CCc1cccnc1. The molecule has 0 unspecified atom stereocenters. The van der Waals surface area contributed by atoms with Gasteiger partial charge in [0, 0.05) is 18.6 Å². The van der Waals surface area contributed by atoms with E-state index in [1.54, 1.807) is 18.5 Å². The van der Waals surface area contributed by atoms with Gasteiger partial charge in [0.05, 0.1) is 5.75 Å². The standard InChI is InChI=1S/C8H11NO2S/c1-12(10,11)6-4-8-3-2-5-9-7-8/h2-3,5,7H,4,6H2,1H3. The van der Waals surface area contributed by atoms with Crippen molar-refractivity contribution in [1.29, 1.82) is 0 Å². The molecule has 3 nitrogen and oxygen atoms in total. The van der Waals surface area contributed by atoms with Gasteiger partial charge >= 0.3 is 0 Å². The van der Waals surface area contributed by atoms with Gasteiger partial charge in [-0.3, -0.25) is 4.98 Å². The third kappa shape index (κ3) is 3.48. The summed E-state index contributed by atoms with van der Waals surface area (Å²) in [7, 11) is -2.85. The molecule has 4 heteroatoms. The molecule has 1 aromatic rings. The highest BCUT2D eigenvalue weighted by Crippen LogP contribution is 1.98. The Labute approximate surface area is 72.4 Å². The molecule has 1 rings (SSSR count). The molecule has 0 saturated heterocycles. The lowest BCUT2D eigenvalue weighted by Crippen LogP contribution is -2.05. The summed E-state index contributed by atoms with van der Waals surface area (Å²) in [5, 5.41) is 0. The van der Waals surface area contributed by atoms with Crippen LogP contribution < -0.4 is 0 Å². The number of aryl methyl sites for hydroxylation is 1. The summed E-state index contributed by atoms with van der Waals surface area (Å²) < 4.78 is 21.6. The predicted octanol–water partition coefficient (Wildman–Crippen LogP) is 0.669. The Hall–Kier alpha value is -0.900. The van der Waals surface area contributed by atoms with Crippen LogP contribution in [0.1, 0.15) is 5.56 Å². The van der Waals surface area contributed by atoms with E-state index in [2.05, 4.69) is 4.98 Å². The van der Waals surface area contributed by atoms with Crippen LogP contribution in [-0.2, 0) is 16.3 Å². The van der Waals surface area contributed by atoms with E-state index in [-0.39, 0.29) is 5.75 Å². The monoisotopic (exact) mass is 185 g/mol. The van der Waals surface area contributed by atoms with Gasteiger partial charge in [0.1, 0.15) is 9.84 Å². The van der Waals surface area contributed by atoms with Gasteiger partial charge in [-0.2, -0.15) is 0 Å². The fourth-order valence-corrected chi connectivity index (χ4v) is 1.46. The summed E-state index contributed by atoms with van der Waals surface area (Å²) in [5.74, 6) is 0.193. The second-order valence-corrected chi connectivity index (χ2v) is 5.00. The van der Waals surface area contributed by atoms with Gasteiger partial charge < -0.3 is 0 Å². The van der Waals surface area contributed by atoms with Crippen LogP contribution in [0.25, 0.3) is 0 Å². The van der Waals surface area contributed by atoms with E-state index < -0.39 is 9.84 Å². The Morgan fingerprint density at radius 1 is 1.50 bits per heavy atom. The van der Waals surface area contributed by atoms with Crippen molar-refractivity contribution >= 4 is 9.84 Å². The molecular weight excluding hydrogens is 174 g/mol. The second-order valence-electron chi connectivity index (χ2n) is 2.74. The van der Waals surface area contributed by atoms with Crippen LogP contribution in [0.3, 0.4) is 0 Å². The smallest absolute Gasteiger partial charge is 0.147 e. The molecule has 12 heavy (non-hydrogen) atoms. The molecule has 0 N–H and O–H groups in total. The molecule has 0 aliphatic rings. The molecule has 0 saturated carbocycles. The highest BCUT2D eigenvalue weighted by Gasteiger charge is 2.01. The molecule has 0 spiro atoms. The average Bonchev–Trinajstić information content (AvgIpc) is 2.02. The fraction of sp³-hybridized carbons (Fsp3) is 0.375. The van der Waals surface area contributed by atoms with Crippen LogP contribution in [0.5, 0.6) is 0 Å². The summed E-state index contributed by atoms with van der Waals surface area (Å²) >= 11 is 0. The summed E-state index contributed by atoms with van der Waals surface area (Å²) in [5.41, 5.74) is 0.961. The number of pyridine rings is 1. The normalized spacial score (nSPS) is 11.4. The molecule has 0 amide bonds. The number of sulfone groups is 1. The van der Waals surface area contributed by atoms with Crippen molar-refractivity contribution in [3.63, 3.8) is 0 Å². The zero-order chi connectivity index (χ0) is 9.03. The Balaban J connectivity index is 2.56.